The van der Waals surface area contributed by atoms with Gasteiger partial charge in [-0.1, -0.05) is 6.92 Å². The Morgan fingerprint density at radius 3 is 2.65 bits per heavy atom. The molecule has 0 fully saturated rings. The fraction of sp³-hybridized carbons (Fsp3) is 0.300. The summed E-state index contributed by atoms with van der Waals surface area (Å²) in [6.45, 7) is 2.47. The van der Waals surface area contributed by atoms with Gasteiger partial charge < -0.3 is 5.32 Å². The predicted molar refractivity (Wildman–Crippen MR) is 69.8 cm³/mol. The van der Waals surface area contributed by atoms with Crippen molar-refractivity contribution in [3.63, 3.8) is 0 Å². The fourth-order valence-electron chi connectivity index (χ4n) is 1.17. The monoisotopic (exact) mass is 339 g/mol. The molecule has 1 N–H and O–H groups in total. The Morgan fingerprint density at radius 1 is 1.47 bits per heavy atom. The molecule has 0 spiro atoms. The van der Waals surface area contributed by atoms with Crippen LogP contribution in [0.2, 0.25) is 0 Å². The summed E-state index contributed by atoms with van der Waals surface area (Å²) >= 11 is 3.07. The van der Waals surface area contributed by atoms with E-state index in [0.717, 1.165) is 6.42 Å². The SMILES string of the molecule is CCCNC(=O)c1ccc(Br)c(S(=O)(=O)Cl)c1. The molecule has 0 aliphatic rings. The molecule has 17 heavy (non-hydrogen) atoms. The second-order valence-corrected chi connectivity index (χ2v) is 6.73. The summed E-state index contributed by atoms with van der Waals surface area (Å²) in [6, 6.07) is 4.26. The zero-order valence-corrected chi connectivity index (χ0v) is 12.2. The molecule has 1 rings (SSSR count). The Bertz CT molecular complexity index is 530. The van der Waals surface area contributed by atoms with Crippen molar-refractivity contribution >= 4 is 41.6 Å². The number of carbonyl (C=O) groups is 1. The number of rotatable bonds is 4. The molecule has 4 nitrogen and oxygen atoms in total. The van der Waals surface area contributed by atoms with Crippen LogP contribution in [0.3, 0.4) is 0 Å². The largest absolute Gasteiger partial charge is 0.352 e. The van der Waals surface area contributed by atoms with Crippen LogP contribution in [0.1, 0.15) is 23.7 Å². The van der Waals surface area contributed by atoms with Crippen LogP contribution in [-0.2, 0) is 9.05 Å². The number of benzene rings is 1. The molecule has 0 bridgehead atoms. The average Bonchev–Trinajstić information content (AvgIpc) is 2.25. The minimum atomic E-state index is -3.86. The first-order valence-electron chi connectivity index (χ1n) is 4.88. The molecule has 0 saturated carbocycles. The van der Waals surface area contributed by atoms with Crippen LogP contribution in [0.15, 0.2) is 27.6 Å². The summed E-state index contributed by atoms with van der Waals surface area (Å²) in [6.07, 6.45) is 0.808. The Balaban J connectivity index is 3.09. The Labute approximate surface area is 113 Å². The van der Waals surface area contributed by atoms with Gasteiger partial charge in [0.1, 0.15) is 0 Å². The summed E-state index contributed by atoms with van der Waals surface area (Å²) in [5, 5.41) is 2.65. The molecule has 1 aromatic rings. The van der Waals surface area contributed by atoms with Crippen LogP contribution in [0.4, 0.5) is 0 Å². The van der Waals surface area contributed by atoms with Gasteiger partial charge in [-0.2, -0.15) is 0 Å². The van der Waals surface area contributed by atoms with Crippen molar-refractivity contribution in [1.29, 1.82) is 0 Å². The van der Waals surface area contributed by atoms with Crippen molar-refractivity contribution < 1.29 is 13.2 Å². The van der Waals surface area contributed by atoms with E-state index in [9.17, 15) is 13.2 Å². The minimum Gasteiger partial charge on any atom is -0.352 e. The predicted octanol–water partition coefficient (Wildman–Crippen LogP) is 2.52. The summed E-state index contributed by atoms with van der Waals surface area (Å²) in [7, 11) is 1.39. The Hall–Kier alpha value is -0.590. The summed E-state index contributed by atoms with van der Waals surface area (Å²) in [5.74, 6) is -0.319. The van der Waals surface area contributed by atoms with Gasteiger partial charge in [0.05, 0.1) is 4.90 Å². The maximum Gasteiger partial charge on any atom is 0.262 e. The van der Waals surface area contributed by atoms with Crippen molar-refractivity contribution in [2.45, 2.75) is 18.2 Å². The molecule has 1 aromatic carbocycles. The highest BCUT2D eigenvalue weighted by molar-refractivity contribution is 9.10. The fourth-order valence-corrected chi connectivity index (χ4v) is 3.29. The molecule has 7 heteroatoms. The third-order valence-electron chi connectivity index (χ3n) is 1.99. The van der Waals surface area contributed by atoms with E-state index in [-0.39, 0.29) is 16.4 Å². The highest BCUT2D eigenvalue weighted by atomic mass is 79.9. The summed E-state index contributed by atoms with van der Waals surface area (Å²) < 4.78 is 22.8. The van der Waals surface area contributed by atoms with E-state index in [1.807, 2.05) is 6.92 Å². The first-order valence-corrected chi connectivity index (χ1v) is 7.99. The molecular formula is C10H11BrClNO3S. The van der Waals surface area contributed by atoms with Crippen LogP contribution in [0, 0.1) is 0 Å². The van der Waals surface area contributed by atoms with Gasteiger partial charge in [0.25, 0.3) is 15.0 Å². The number of amides is 1. The third-order valence-corrected chi connectivity index (χ3v) is 4.31. The molecule has 0 heterocycles. The molecule has 0 aliphatic carbocycles. The molecule has 0 radical (unpaired) electrons. The minimum absolute atomic E-state index is 0.108. The number of hydrogen-bond acceptors (Lipinski definition) is 3. The van der Waals surface area contributed by atoms with Crippen molar-refractivity contribution in [3.05, 3.63) is 28.2 Å². The van der Waals surface area contributed by atoms with Gasteiger partial charge in [0.15, 0.2) is 0 Å². The van der Waals surface area contributed by atoms with E-state index in [1.54, 1.807) is 0 Å². The molecule has 0 saturated heterocycles. The normalized spacial score (nSPS) is 11.2. The zero-order valence-electron chi connectivity index (χ0n) is 9.04. The summed E-state index contributed by atoms with van der Waals surface area (Å²) in [5.41, 5.74) is 0.265. The quantitative estimate of drug-likeness (QED) is 0.857. The van der Waals surface area contributed by atoms with Crippen molar-refractivity contribution in [1.82, 2.24) is 5.32 Å². The lowest BCUT2D eigenvalue weighted by molar-refractivity contribution is 0.0953. The number of carbonyl (C=O) groups excluding carboxylic acids is 1. The van der Waals surface area contributed by atoms with E-state index in [4.69, 9.17) is 10.7 Å². The lowest BCUT2D eigenvalue weighted by atomic mass is 10.2. The van der Waals surface area contributed by atoms with Gasteiger partial charge >= 0.3 is 0 Å². The van der Waals surface area contributed by atoms with Gasteiger partial charge in [-0.3, -0.25) is 4.79 Å². The Morgan fingerprint density at radius 2 is 2.12 bits per heavy atom. The second kappa shape index (κ2) is 5.84. The third kappa shape index (κ3) is 3.97. The lowest BCUT2D eigenvalue weighted by Crippen LogP contribution is -2.24. The molecule has 0 atom stereocenters. The van der Waals surface area contributed by atoms with E-state index in [1.165, 1.54) is 18.2 Å². The lowest BCUT2D eigenvalue weighted by Gasteiger charge is -2.06. The Kier molecular flexibility index (Phi) is 4.97. The van der Waals surface area contributed by atoms with E-state index >= 15 is 0 Å². The first kappa shape index (κ1) is 14.5. The van der Waals surface area contributed by atoms with Crippen molar-refractivity contribution in [3.8, 4) is 0 Å². The first-order chi connectivity index (χ1) is 7.86. The topological polar surface area (TPSA) is 63.2 Å². The van der Waals surface area contributed by atoms with Crippen LogP contribution in [0.25, 0.3) is 0 Å². The van der Waals surface area contributed by atoms with Gasteiger partial charge in [0.2, 0.25) is 0 Å². The highest BCUT2D eigenvalue weighted by Crippen LogP contribution is 2.26. The molecule has 0 unspecified atom stereocenters. The average molecular weight is 341 g/mol. The molecule has 0 aliphatic heterocycles. The summed E-state index contributed by atoms with van der Waals surface area (Å²) in [4.78, 5) is 11.5. The second-order valence-electron chi connectivity index (χ2n) is 3.34. The van der Waals surface area contributed by atoms with E-state index < -0.39 is 9.05 Å². The van der Waals surface area contributed by atoms with Gasteiger partial charge in [-0.25, -0.2) is 8.42 Å². The van der Waals surface area contributed by atoms with Crippen LogP contribution >= 0.6 is 26.6 Å². The van der Waals surface area contributed by atoms with Crippen LogP contribution in [-0.4, -0.2) is 20.9 Å². The maximum atomic E-state index is 11.6. The molecular weight excluding hydrogens is 330 g/mol. The smallest absolute Gasteiger partial charge is 0.262 e. The van der Waals surface area contributed by atoms with E-state index in [2.05, 4.69) is 21.2 Å². The zero-order chi connectivity index (χ0) is 13.1. The van der Waals surface area contributed by atoms with Gasteiger partial charge in [-0.15, -0.1) is 0 Å². The van der Waals surface area contributed by atoms with Crippen LogP contribution in [0.5, 0.6) is 0 Å². The molecule has 1 amide bonds. The number of halogens is 2. The van der Waals surface area contributed by atoms with Crippen LogP contribution < -0.4 is 5.32 Å². The maximum absolute atomic E-state index is 11.6. The van der Waals surface area contributed by atoms with E-state index in [0.29, 0.717) is 11.0 Å². The van der Waals surface area contributed by atoms with Gasteiger partial charge in [0, 0.05) is 27.3 Å². The number of hydrogen-bond donors (Lipinski definition) is 1. The van der Waals surface area contributed by atoms with Crippen molar-refractivity contribution in [2.75, 3.05) is 6.54 Å². The molecule has 0 aromatic heterocycles. The standard InChI is InChI=1S/C10H11BrClNO3S/c1-2-5-13-10(14)7-3-4-8(11)9(6-7)17(12,15)16/h3-4,6H,2,5H2,1H3,(H,13,14). The highest BCUT2D eigenvalue weighted by Gasteiger charge is 2.17. The van der Waals surface area contributed by atoms with Crippen molar-refractivity contribution in [2.24, 2.45) is 0 Å². The number of nitrogens with one attached hydrogen (secondary N) is 1. The molecule has 94 valence electrons. The van der Waals surface area contributed by atoms with Gasteiger partial charge in [-0.05, 0) is 40.5 Å².